The van der Waals surface area contributed by atoms with Crippen molar-refractivity contribution in [1.29, 1.82) is 0 Å². The minimum absolute atomic E-state index is 0.00273. The molecule has 0 saturated heterocycles. The molecular weight excluding hydrogens is 264 g/mol. The topological polar surface area (TPSA) is 92.4 Å². The molecule has 0 heterocycles. The maximum Gasteiger partial charge on any atom is 0.214 e. The van der Waals surface area contributed by atoms with Gasteiger partial charge < -0.3 is 10.8 Å². The van der Waals surface area contributed by atoms with Gasteiger partial charge in [-0.25, -0.2) is 13.1 Å². The molecule has 0 bridgehead atoms. The lowest BCUT2D eigenvalue weighted by molar-refractivity contribution is 0.182. The minimum atomic E-state index is -3.31. The summed E-state index contributed by atoms with van der Waals surface area (Å²) in [5.74, 6) is 0. The largest absolute Gasteiger partial charge is 0.399 e. The van der Waals surface area contributed by atoms with Gasteiger partial charge in [-0.05, 0) is 30.5 Å². The first-order valence-corrected chi connectivity index (χ1v) is 8.05. The second-order valence-electron chi connectivity index (χ2n) is 4.98. The van der Waals surface area contributed by atoms with Crippen LogP contribution in [0.2, 0.25) is 0 Å². The third-order valence-corrected chi connectivity index (χ3v) is 5.46. The Bertz CT molecular complexity index is 507. The molecule has 0 spiro atoms. The maximum absolute atomic E-state index is 12.0. The summed E-state index contributed by atoms with van der Waals surface area (Å²) >= 11 is 0. The lowest BCUT2D eigenvalue weighted by atomic mass is 10.1. The molecule has 1 saturated carbocycles. The number of anilines is 1. The molecule has 0 radical (unpaired) electrons. The average molecular weight is 284 g/mol. The monoisotopic (exact) mass is 284 g/mol. The van der Waals surface area contributed by atoms with Crippen LogP contribution in [0, 0.1) is 0 Å². The zero-order valence-electron chi connectivity index (χ0n) is 10.7. The summed E-state index contributed by atoms with van der Waals surface area (Å²) in [6.45, 7) is 0.00273. The van der Waals surface area contributed by atoms with Gasteiger partial charge in [0.2, 0.25) is 10.0 Å². The van der Waals surface area contributed by atoms with Crippen LogP contribution in [0.3, 0.4) is 0 Å². The molecule has 2 rings (SSSR count). The summed E-state index contributed by atoms with van der Waals surface area (Å²) in [6, 6.07) is 6.77. The Hall–Kier alpha value is -1.11. The first-order chi connectivity index (χ1) is 8.99. The van der Waals surface area contributed by atoms with E-state index in [0.717, 1.165) is 12.8 Å². The lowest BCUT2D eigenvalue weighted by Gasteiger charge is -2.16. The van der Waals surface area contributed by atoms with Crippen molar-refractivity contribution in [3.8, 4) is 0 Å². The van der Waals surface area contributed by atoms with Crippen LogP contribution in [0.4, 0.5) is 5.69 Å². The lowest BCUT2D eigenvalue weighted by Crippen LogP contribution is -2.35. The maximum atomic E-state index is 12.0. The van der Waals surface area contributed by atoms with Crippen molar-refractivity contribution >= 4 is 15.7 Å². The summed E-state index contributed by atoms with van der Waals surface area (Å²) in [5, 5.41) is 9.65. The molecule has 106 valence electrons. The van der Waals surface area contributed by atoms with E-state index in [1.807, 2.05) is 0 Å². The molecule has 5 nitrogen and oxygen atoms in total. The van der Waals surface area contributed by atoms with E-state index in [4.69, 9.17) is 5.73 Å². The van der Waals surface area contributed by atoms with Crippen LogP contribution in [0.15, 0.2) is 24.3 Å². The number of nitrogens with one attached hydrogen (secondary N) is 1. The third-order valence-electron chi connectivity index (χ3n) is 3.54. The van der Waals surface area contributed by atoms with Gasteiger partial charge in [0.05, 0.1) is 11.4 Å². The number of nitrogens with two attached hydrogens (primary N) is 1. The molecule has 19 heavy (non-hydrogen) atoms. The highest BCUT2D eigenvalue weighted by molar-refractivity contribution is 7.90. The van der Waals surface area contributed by atoms with Crippen molar-refractivity contribution in [3.63, 3.8) is 0 Å². The van der Waals surface area contributed by atoms with Crippen LogP contribution in [0.5, 0.6) is 0 Å². The number of nitrogen functional groups attached to an aromatic ring is 1. The SMILES string of the molecule is Nc1ccc(C(O)CNS(=O)(=O)C2CCCC2)cc1. The summed E-state index contributed by atoms with van der Waals surface area (Å²) in [6.07, 6.45) is 2.51. The van der Waals surface area contributed by atoms with Crippen molar-refractivity contribution in [1.82, 2.24) is 4.72 Å². The van der Waals surface area contributed by atoms with E-state index in [1.165, 1.54) is 0 Å². The molecule has 1 aromatic rings. The molecule has 0 aliphatic heterocycles. The van der Waals surface area contributed by atoms with Crippen molar-refractivity contribution in [3.05, 3.63) is 29.8 Å². The molecule has 4 N–H and O–H groups in total. The van der Waals surface area contributed by atoms with E-state index in [2.05, 4.69) is 4.72 Å². The highest BCUT2D eigenvalue weighted by atomic mass is 32.2. The van der Waals surface area contributed by atoms with Crippen LogP contribution in [0.25, 0.3) is 0 Å². The quantitative estimate of drug-likeness (QED) is 0.708. The van der Waals surface area contributed by atoms with Crippen molar-refractivity contribution in [2.24, 2.45) is 0 Å². The van der Waals surface area contributed by atoms with E-state index in [-0.39, 0.29) is 11.8 Å². The number of rotatable bonds is 5. The van der Waals surface area contributed by atoms with Crippen LogP contribution in [-0.2, 0) is 10.0 Å². The van der Waals surface area contributed by atoms with Crippen LogP contribution in [-0.4, -0.2) is 25.3 Å². The van der Waals surface area contributed by atoms with Gasteiger partial charge in [-0.2, -0.15) is 0 Å². The Morgan fingerprint density at radius 2 is 1.84 bits per heavy atom. The van der Waals surface area contributed by atoms with E-state index >= 15 is 0 Å². The highest BCUT2D eigenvalue weighted by Crippen LogP contribution is 2.24. The van der Waals surface area contributed by atoms with E-state index in [0.29, 0.717) is 24.1 Å². The Morgan fingerprint density at radius 1 is 1.26 bits per heavy atom. The summed E-state index contributed by atoms with van der Waals surface area (Å²) in [4.78, 5) is 0. The van der Waals surface area contributed by atoms with E-state index in [1.54, 1.807) is 24.3 Å². The third kappa shape index (κ3) is 3.68. The zero-order chi connectivity index (χ0) is 13.9. The summed E-state index contributed by atoms with van der Waals surface area (Å²) in [7, 11) is -3.31. The number of benzene rings is 1. The van der Waals surface area contributed by atoms with Crippen molar-refractivity contribution in [2.45, 2.75) is 37.0 Å². The second kappa shape index (κ2) is 5.90. The zero-order valence-corrected chi connectivity index (χ0v) is 11.6. The number of hydrogen-bond donors (Lipinski definition) is 3. The van der Waals surface area contributed by atoms with Gasteiger partial charge in [-0.1, -0.05) is 25.0 Å². The minimum Gasteiger partial charge on any atom is -0.399 e. The molecule has 1 atom stereocenters. The Morgan fingerprint density at radius 3 is 2.42 bits per heavy atom. The van der Waals surface area contributed by atoms with Crippen LogP contribution in [0.1, 0.15) is 37.4 Å². The average Bonchev–Trinajstić information content (AvgIpc) is 2.91. The number of sulfonamides is 1. The molecule has 1 unspecified atom stereocenters. The van der Waals surface area contributed by atoms with Crippen molar-refractivity contribution < 1.29 is 13.5 Å². The Labute approximate surface area is 113 Å². The van der Waals surface area contributed by atoms with E-state index < -0.39 is 16.1 Å². The highest BCUT2D eigenvalue weighted by Gasteiger charge is 2.28. The van der Waals surface area contributed by atoms with Crippen molar-refractivity contribution in [2.75, 3.05) is 12.3 Å². The standard InChI is InChI=1S/C13H20N2O3S/c14-11-7-5-10(6-8-11)13(16)9-15-19(17,18)12-3-1-2-4-12/h5-8,12-13,15-16H,1-4,9,14H2. The van der Waals surface area contributed by atoms with Gasteiger partial charge in [0.1, 0.15) is 0 Å². The molecular formula is C13H20N2O3S. The number of aliphatic hydroxyl groups is 1. The molecule has 1 aliphatic carbocycles. The molecule has 1 aliphatic rings. The van der Waals surface area contributed by atoms with Gasteiger partial charge in [-0.3, -0.25) is 0 Å². The number of aliphatic hydroxyl groups excluding tert-OH is 1. The van der Waals surface area contributed by atoms with Gasteiger partial charge in [-0.15, -0.1) is 0 Å². The molecule has 6 heteroatoms. The number of hydrogen-bond acceptors (Lipinski definition) is 4. The van der Waals surface area contributed by atoms with Gasteiger partial charge in [0.25, 0.3) is 0 Å². The predicted molar refractivity (Wildman–Crippen MR) is 75.0 cm³/mol. The summed E-state index contributed by atoms with van der Waals surface area (Å²) in [5.41, 5.74) is 6.83. The van der Waals surface area contributed by atoms with Gasteiger partial charge >= 0.3 is 0 Å². The fourth-order valence-corrected chi connectivity index (χ4v) is 3.93. The molecule has 0 aromatic heterocycles. The molecule has 0 amide bonds. The Kier molecular flexibility index (Phi) is 4.44. The molecule has 1 fully saturated rings. The smallest absolute Gasteiger partial charge is 0.214 e. The first-order valence-electron chi connectivity index (χ1n) is 6.51. The van der Waals surface area contributed by atoms with Crippen LogP contribution < -0.4 is 10.5 Å². The van der Waals surface area contributed by atoms with Crippen LogP contribution >= 0.6 is 0 Å². The second-order valence-corrected chi connectivity index (χ2v) is 7.03. The normalized spacial score (nSPS) is 18.6. The fraction of sp³-hybridized carbons (Fsp3) is 0.538. The first kappa shape index (κ1) is 14.3. The van der Waals surface area contributed by atoms with Gasteiger partial charge in [0.15, 0.2) is 0 Å². The summed E-state index contributed by atoms with van der Waals surface area (Å²) < 4.78 is 26.5. The van der Waals surface area contributed by atoms with E-state index in [9.17, 15) is 13.5 Å². The van der Waals surface area contributed by atoms with Gasteiger partial charge in [0, 0.05) is 12.2 Å². The molecule has 1 aromatic carbocycles. The predicted octanol–water partition coefficient (Wildman–Crippen LogP) is 1.16. The fourth-order valence-electron chi connectivity index (χ4n) is 2.35. The Balaban J connectivity index is 1.92.